The molecule has 0 saturated carbocycles. The Morgan fingerprint density at radius 1 is 1.33 bits per heavy atom. The Morgan fingerprint density at radius 3 is 1.58 bits per heavy atom. The summed E-state index contributed by atoms with van der Waals surface area (Å²) in [5, 5.41) is 1.35. The number of hydrogen-bond acceptors (Lipinski definition) is 4. The molecule has 2 amide bonds. The smallest absolute Gasteiger partial charge is 0.719 e. The van der Waals surface area contributed by atoms with E-state index in [2.05, 4.69) is 36.3 Å². The zero-order chi connectivity index (χ0) is 9.44. The molecule has 0 heterocycles. The minimum Gasteiger partial charge on any atom is -0.719 e. The molecule has 0 aromatic rings. The van der Waals surface area contributed by atoms with Crippen molar-refractivity contribution >= 4 is 58.8 Å². The van der Waals surface area contributed by atoms with Gasteiger partial charge >= 0.3 is 23.1 Å². The Kier molecular flexibility index (Phi) is 16.8. The van der Waals surface area contributed by atoms with Crippen molar-refractivity contribution in [3.8, 4) is 0 Å². The molecule has 0 fully saturated rings. The average molecular weight is 219 g/mol. The van der Waals surface area contributed by atoms with Crippen LogP contribution in [0.3, 0.4) is 0 Å². The van der Waals surface area contributed by atoms with E-state index in [-0.39, 0.29) is 34.3 Å². The summed E-state index contributed by atoms with van der Waals surface area (Å²) in [4.78, 5) is 19.0. The van der Waals surface area contributed by atoms with Gasteiger partial charge in [0.25, 0.3) is 0 Å². The monoisotopic (exact) mass is 218 g/mol. The van der Waals surface area contributed by atoms with Crippen molar-refractivity contribution in [1.82, 2.24) is 5.32 Å². The first kappa shape index (κ1) is 18.0. The Bertz CT molecular complexity index is 139. The molecule has 0 aliphatic carbocycles. The van der Waals surface area contributed by atoms with Gasteiger partial charge in [-0.2, -0.15) is 0 Å². The van der Waals surface area contributed by atoms with Gasteiger partial charge in [-0.05, 0) is 13.8 Å². The molecule has 0 unspecified atom stereocenters. The molecular formula is C5H10MgN2O2S2. The van der Waals surface area contributed by atoms with Crippen molar-refractivity contribution in [2.45, 2.75) is 19.9 Å². The van der Waals surface area contributed by atoms with Crippen molar-refractivity contribution in [2.75, 3.05) is 0 Å². The Balaban J connectivity index is -0.000000142. The minimum atomic E-state index is -0.750. The molecule has 0 radical (unpaired) electrons. The third kappa shape index (κ3) is 49.4. The molecule has 0 rings (SSSR count). The minimum absolute atomic E-state index is 0. The molecule has 0 aromatic heterocycles. The zero-order valence-corrected chi connectivity index (χ0v) is 10.0. The molecule has 66 valence electrons. The number of nitrogens with one attached hydrogen (secondary N) is 1. The maximum Gasteiger partial charge on any atom is 2.00 e. The number of carbonyl (C=O) groups is 2. The van der Waals surface area contributed by atoms with Crippen LogP contribution in [-0.2, 0) is 25.3 Å². The number of nitrogens with two attached hydrogens (primary N) is 1. The maximum atomic E-state index is 9.96. The van der Waals surface area contributed by atoms with Crippen molar-refractivity contribution < 1.29 is 9.59 Å². The van der Waals surface area contributed by atoms with Gasteiger partial charge in [0.2, 0.25) is 0 Å². The Morgan fingerprint density at radius 2 is 1.58 bits per heavy atom. The van der Waals surface area contributed by atoms with Crippen molar-refractivity contribution in [2.24, 2.45) is 5.73 Å². The van der Waals surface area contributed by atoms with Crippen LogP contribution in [0.25, 0.3) is 0 Å². The van der Waals surface area contributed by atoms with Gasteiger partial charge in [0, 0.05) is 6.04 Å². The number of carbonyl (C=O) groups excluding carboxylic acids is 2. The van der Waals surface area contributed by atoms with E-state index in [9.17, 15) is 4.79 Å². The quantitative estimate of drug-likeness (QED) is 0.476. The van der Waals surface area contributed by atoms with Gasteiger partial charge < -0.3 is 45.9 Å². The third-order valence-corrected chi connectivity index (χ3v) is 0.524. The van der Waals surface area contributed by atoms with Crippen LogP contribution >= 0.6 is 0 Å². The van der Waals surface area contributed by atoms with Crippen LogP contribution < -0.4 is 11.1 Å². The van der Waals surface area contributed by atoms with E-state index in [1.54, 1.807) is 0 Å². The molecule has 0 spiro atoms. The third-order valence-electron chi connectivity index (χ3n) is 0.407. The van der Waals surface area contributed by atoms with E-state index in [0.717, 1.165) is 0 Å². The normalized spacial score (nSPS) is 7.25. The summed E-state index contributed by atoms with van der Waals surface area (Å²) in [5.74, 6) is 0. The van der Waals surface area contributed by atoms with E-state index in [1.165, 1.54) is 0 Å². The molecule has 0 aromatic carbocycles. The SMILES string of the molecule is CC(C)NC(=O)[S-].NC(=O)[S-].[Mg+2]. The van der Waals surface area contributed by atoms with Crippen LogP contribution in [0.5, 0.6) is 0 Å². The van der Waals surface area contributed by atoms with Gasteiger partial charge in [-0.25, -0.2) is 0 Å². The van der Waals surface area contributed by atoms with E-state index in [1.807, 2.05) is 13.8 Å². The van der Waals surface area contributed by atoms with E-state index in [0.29, 0.717) is 0 Å². The van der Waals surface area contributed by atoms with Crippen LogP contribution in [0.15, 0.2) is 0 Å². The molecule has 0 atom stereocenters. The Hall–Kier alpha value is 0.146. The van der Waals surface area contributed by atoms with Gasteiger partial charge in [-0.1, -0.05) is 0 Å². The molecule has 3 N–H and O–H groups in total. The van der Waals surface area contributed by atoms with Crippen LogP contribution in [-0.4, -0.2) is 39.6 Å². The number of amides is 2. The zero-order valence-electron chi connectivity index (χ0n) is 6.99. The molecule has 12 heavy (non-hydrogen) atoms. The molecular weight excluding hydrogens is 209 g/mol. The second-order valence-electron chi connectivity index (χ2n) is 1.91. The summed E-state index contributed by atoms with van der Waals surface area (Å²) in [5.41, 5.74) is 4.29. The van der Waals surface area contributed by atoms with Gasteiger partial charge in [0.15, 0.2) is 0 Å². The van der Waals surface area contributed by atoms with Crippen molar-refractivity contribution in [3.63, 3.8) is 0 Å². The summed E-state index contributed by atoms with van der Waals surface area (Å²) in [6.07, 6.45) is 0. The van der Waals surface area contributed by atoms with Gasteiger partial charge in [0.05, 0.1) is 10.5 Å². The van der Waals surface area contributed by atoms with E-state index >= 15 is 0 Å². The largest absolute Gasteiger partial charge is 2.00 e. The second kappa shape index (κ2) is 11.1. The van der Waals surface area contributed by atoms with E-state index < -0.39 is 5.24 Å². The van der Waals surface area contributed by atoms with Crippen LogP contribution in [0.2, 0.25) is 0 Å². The number of hydrogen-bond donors (Lipinski definition) is 2. The van der Waals surface area contributed by atoms with Crippen molar-refractivity contribution in [1.29, 1.82) is 0 Å². The second-order valence-corrected chi connectivity index (χ2v) is 2.68. The van der Waals surface area contributed by atoms with Crippen LogP contribution in [0, 0.1) is 0 Å². The van der Waals surface area contributed by atoms with Crippen LogP contribution in [0.1, 0.15) is 13.8 Å². The fourth-order valence-electron chi connectivity index (χ4n) is 0.236. The fourth-order valence-corrected chi connectivity index (χ4v) is 0.471. The molecule has 4 nitrogen and oxygen atoms in total. The summed E-state index contributed by atoms with van der Waals surface area (Å²) < 4.78 is 0. The topological polar surface area (TPSA) is 72.2 Å². The van der Waals surface area contributed by atoms with Gasteiger partial charge in [0.1, 0.15) is 0 Å². The first-order chi connectivity index (χ1) is 4.86. The first-order valence-electron chi connectivity index (χ1n) is 2.80. The molecule has 0 bridgehead atoms. The molecule has 7 heteroatoms. The molecule has 0 saturated heterocycles. The maximum absolute atomic E-state index is 9.96. The Labute approximate surface area is 99.0 Å². The van der Waals surface area contributed by atoms with Gasteiger partial charge in [-0.15, -0.1) is 0 Å². The number of primary amides is 1. The standard InChI is InChI=1S/C4H9NOS.CH3NOS.Mg/c1-3(2)5-4(6)7;2-1(3)4;/h3H,1-2H3,(H2,5,6,7);(H3,2,3,4);/q;;+2/p-2. The van der Waals surface area contributed by atoms with Gasteiger partial charge in [-0.3, -0.25) is 0 Å². The fraction of sp³-hybridized carbons (Fsp3) is 0.600. The summed E-state index contributed by atoms with van der Waals surface area (Å²) in [7, 11) is 0. The number of rotatable bonds is 1. The first-order valence-corrected chi connectivity index (χ1v) is 3.62. The summed E-state index contributed by atoms with van der Waals surface area (Å²) >= 11 is 7.96. The van der Waals surface area contributed by atoms with Crippen LogP contribution in [0.4, 0.5) is 9.59 Å². The van der Waals surface area contributed by atoms with E-state index in [4.69, 9.17) is 4.79 Å². The van der Waals surface area contributed by atoms with Crippen molar-refractivity contribution in [3.05, 3.63) is 0 Å². The molecule has 0 aliphatic heterocycles. The predicted molar refractivity (Wildman–Crippen MR) is 53.7 cm³/mol. The molecule has 0 aliphatic rings. The summed E-state index contributed by atoms with van der Waals surface area (Å²) in [6, 6.07) is 0.171. The summed E-state index contributed by atoms with van der Waals surface area (Å²) in [6.45, 7) is 3.73. The predicted octanol–water partition coefficient (Wildman–Crippen LogP) is -0.117. The average Bonchev–Trinajstić information content (AvgIpc) is 1.56.